The van der Waals surface area contributed by atoms with Crippen LogP contribution in [0.4, 0.5) is 0 Å². The highest BCUT2D eigenvalue weighted by molar-refractivity contribution is 5.87. The third-order valence-corrected chi connectivity index (χ3v) is 4.03. The zero-order valence-electron chi connectivity index (χ0n) is 15.5. The van der Waals surface area contributed by atoms with Gasteiger partial charge in [-0.1, -0.05) is 48.0 Å². The Labute approximate surface area is 154 Å². The van der Waals surface area contributed by atoms with Crippen LogP contribution in [0, 0.1) is 20.8 Å². The standard InChI is InChI=1S/C21H25N3O2/c1-15-11-16(2)19(17(3)12-15)14-23-24-21(26)10-9-20(25)22-13-18-7-5-4-6-8-18/h4-8,11-12,14H,9-10,13H2,1-3H3,(H,22,25)(H,24,26)/b23-14+. The molecule has 0 saturated heterocycles. The van der Waals surface area contributed by atoms with Gasteiger partial charge in [0.05, 0.1) is 6.21 Å². The van der Waals surface area contributed by atoms with Gasteiger partial charge < -0.3 is 5.32 Å². The second kappa shape index (κ2) is 9.51. The van der Waals surface area contributed by atoms with Crippen molar-refractivity contribution in [1.29, 1.82) is 0 Å². The quantitative estimate of drug-likeness (QED) is 0.594. The highest BCUT2D eigenvalue weighted by atomic mass is 16.2. The van der Waals surface area contributed by atoms with Crippen LogP contribution >= 0.6 is 0 Å². The van der Waals surface area contributed by atoms with Gasteiger partial charge in [0.25, 0.3) is 0 Å². The Morgan fingerprint density at radius 2 is 1.58 bits per heavy atom. The molecule has 0 atom stereocenters. The topological polar surface area (TPSA) is 70.6 Å². The molecular formula is C21H25N3O2. The third kappa shape index (κ3) is 6.16. The minimum atomic E-state index is -0.279. The lowest BCUT2D eigenvalue weighted by Crippen LogP contribution is -2.25. The van der Waals surface area contributed by atoms with E-state index < -0.39 is 0 Å². The molecule has 2 N–H and O–H groups in total. The van der Waals surface area contributed by atoms with Gasteiger partial charge in [0.2, 0.25) is 11.8 Å². The van der Waals surface area contributed by atoms with Crippen molar-refractivity contribution in [2.75, 3.05) is 0 Å². The van der Waals surface area contributed by atoms with Gasteiger partial charge in [-0.05, 0) is 37.5 Å². The molecule has 5 nitrogen and oxygen atoms in total. The first-order chi connectivity index (χ1) is 12.5. The molecule has 0 fully saturated rings. The predicted molar refractivity (Wildman–Crippen MR) is 104 cm³/mol. The number of aryl methyl sites for hydroxylation is 3. The first kappa shape index (κ1) is 19.4. The molecule has 26 heavy (non-hydrogen) atoms. The van der Waals surface area contributed by atoms with Crippen molar-refractivity contribution in [1.82, 2.24) is 10.7 Å². The zero-order chi connectivity index (χ0) is 18.9. The molecule has 2 amide bonds. The van der Waals surface area contributed by atoms with E-state index in [0.717, 1.165) is 22.3 Å². The van der Waals surface area contributed by atoms with Crippen molar-refractivity contribution in [2.24, 2.45) is 5.10 Å². The molecule has 0 aliphatic heterocycles. The summed E-state index contributed by atoms with van der Waals surface area (Å²) < 4.78 is 0. The Morgan fingerprint density at radius 1 is 0.962 bits per heavy atom. The van der Waals surface area contributed by atoms with Gasteiger partial charge in [0, 0.05) is 24.9 Å². The van der Waals surface area contributed by atoms with Gasteiger partial charge in [-0.15, -0.1) is 0 Å². The molecule has 0 heterocycles. The van der Waals surface area contributed by atoms with Gasteiger partial charge >= 0.3 is 0 Å². The number of nitrogens with zero attached hydrogens (tertiary/aromatic N) is 1. The molecule has 2 aromatic rings. The molecular weight excluding hydrogens is 326 g/mol. The Kier molecular flexibility index (Phi) is 7.09. The zero-order valence-corrected chi connectivity index (χ0v) is 15.5. The van der Waals surface area contributed by atoms with E-state index in [1.165, 1.54) is 5.56 Å². The molecule has 0 spiro atoms. The molecule has 0 unspecified atom stereocenters. The summed E-state index contributed by atoms with van der Waals surface area (Å²) in [6.07, 6.45) is 1.89. The van der Waals surface area contributed by atoms with Crippen LogP contribution in [0.25, 0.3) is 0 Å². The van der Waals surface area contributed by atoms with Crippen LogP contribution in [0.3, 0.4) is 0 Å². The van der Waals surface area contributed by atoms with Crippen LogP contribution in [0.15, 0.2) is 47.6 Å². The molecule has 2 aromatic carbocycles. The van der Waals surface area contributed by atoms with E-state index in [-0.39, 0.29) is 24.7 Å². The van der Waals surface area contributed by atoms with Gasteiger partial charge in [-0.25, -0.2) is 5.43 Å². The molecule has 0 aromatic heterocycles. The van der Waals surface area contributed by atoms with Crippen molar-refractivity contribution >= 4 is 18.0 Å². The van der Waals surface area contributed by atoms with Crippen LogP contribution in [0.2, 0.25) is 0 Å². The molecule has 0 bridgehead atoms. The largest absolute Gasteiger partial charge is 0.352 e. The number of hydrazone groups is 1. The lowest BCUT2D eigenvalue weighted by molar-refractivity contribution is -0.126. The van der Waals surface area contributed by atoms with Crippen molar-refractivity contribution in [2.45, 2.75) is 40.2 Å². The summed E-state index contributed by atoms with van der Waals surface area (Å²) in [5, 5.41) is 6.81. The maximum absolute atomic E-state index is 11.8. The number of hydrogen-bond acceptors (Lipinski definition) is 3. The molecule has 2 rings (SSSR count). The average molecular weight is 351 g/mol. The number of rotatable bonds is 7. The Hall–Kier alpha value is -2.95. The van der Waals surface area contributed by atoms with Crippen molar-refractivity contribution < 1.29 is 9.59 Å². The molecule has 5 heteroatoms. The van der Waals surface area contributed by atoms with E-state index in [9.17, 15) is 9.59 Å². The van der Waals surface area contributed by atoms with Crippen LogP contribution < -0.4 is 10.7 Å². The van der Waals surface area contributed by atoms with Crippen molar-refractivity contribution in [3.63, 3.8) is 0 Å². The van der Waals surface area contributed by atoms with Gasteiger partial charge in [-0.3, -0.25) is 9.59 Å². The molecule has 0 saturated carbocycles. The SMILES string of the molecule is Cc1cc(C)c(/C=N/NC(=O)CCC(=O)NCc2ccccc2)c(C)c1. The van der Waals surface area contributed by atoms with E-state index in [4.69, 9.17) is 0 Å². The number of carbonyl (C=O) groups is 2. The highest BCUT2D eigenvalue weighted by Gasteiger charge is 2.06. The first-order valence-electron chi connectivity index (χ1n) is 8.66. The monoisotopic (exact) mass is 351 g/mol. The number of amides is 2. The maximum atomic E-state index is 11.8. The fourth-order valence-electron chi connectivity index (χ4n) is 2.73. The number of carbonyl (C=O) groups excluding carboxylic acids is 2. The van der Waals surface area contributed by atoms with Gasteiger partial charge in [0.15, 0.2) is 0 Å². The summed E-state index contributed by atoms with van der Waals surface area (Å²) in [5.74, 6) is -0.434. The lowest BCUT2D eigenvalue weighted by atomic mass is 10.0. The maximum Gasteiger partial charge on any atom is 0.240 e. The summed E-state index contributed by atoms with van der Waals surface area (Å²) in [4.78, 5) is 23.6. The summed E-state index contributed by atoms with van der Waals surface area (Å²) in [6.45, 7) is 6.54. The van der Waals surface area contributed by atoms with Crippen molar-refractivity contribution in [3.8, 4) is 0 Å². The fraction of sp³-hybridized carbons (Fsp3) is 0.286. The summed E-state index contributed by atoms with van der Waals surface area (Å²) >= 11 is 0. The van der Waals surface area contributed by atoms with Crippen LogP contribution in [-0.2, 0) is 16.1 Å². The second-order valence-corrected chi connectivity index (χ2v) is 6.37. The molecule has 136 valence electrons. The normalized spacial score (nSPS) is 10.7. The second-order valence-electron chi connectivity index (χ2n) is 6.37. The van der Waals surface area contributed by atoms with Gasteiger partial charge in [0.1, 0.15) is 0 Å². The summed E-state index contributed by atoms with van der Waals surface area (Å²) in [7, 11) is 0. The van der Waals surface area contributed by atoms with Crippen LogP contribution in [-0.4, -0.2) is 18.0 Å². The van der Waals surface area contributed by atoms with E-state index in [2.05, 4.69) is 28.0 Å². The summed E-state index contributed by atoms with van der Waals surface area (Å²) in [5.41, 5.74) is 7.92. The van der Waals surface area contributed by atoms with E-state index >= 15 is 0 Å². The molecule has 0 radical (unpaired) electrons. The van der Waals surface area contributed by atoms with E-state index in [1.807, 2.05) is 51.1 Å². The predicted octanol–water partition coefficient (Wildman–Crippen LogP) is 3.16. The third-order valence-electron chi connectivity index (χ3n) is 4.03. The Bertz CT molecular complexity index is 775. The van der Waals surface area contributed by atoms with E-state index in [0.29, 0.717) is 6.54 Å². The smallest absolute Gasteiger partial charge is 0.240 e. The number of nitrogens with one attached hydrogen (secondary N) is 2. The lowest BCUT2D eigenvalue weighted by Gasteiger charge is -2.07. The molecule has 0 aliphatic rings. The number of benzene rings is 2. The minimum absolute atomic E-state index is 0.101. The molecule has 0 aliphatic carbocycles. The van der Waals surface area contributed by atoms with Crippen LogP contribution in [0.1, 0.15) is 40.7 Å². The minimum Gasteiger partial charge on any atom is -0.352 e. The van der Waals surface area contributed by atoms with Crippen LogP contribution in [0.5, 0.6) is 0 Å². The fourth-order valence-corrected chi connectivity index (χ4v) is 2.73. The van der Waals surface area contributed by atoms with Crippen molar-refractivity contribution in [3.05, 3.63) is 70.3 Å². The van der Waals surface area contributed by atoms with Gasteiger partial charge in [-0.2, -0.15) is 5.10 Å². The highest BCUT2D eigenvalue weighted by Crippen LogP contribution is 2.14. The summed E-state index contributed by atoms with van der Waals surface area (Å²) in [6, 6.07) is 13.8. The Morgan fingerprint density at radius 3 is 2.23 bits per heavy atom. The average Bonchev–Trinajstić information content (AvgIpc) is 2.61. The first-order valence-corrected chi connectivity index (χ1v) is 8.66. The number of hydrogen-bond donors (Lipinski definition) is 2. The van der Waals surface area contributed by atoms with E-state index in [1.54, 1.807) is 6.21 Å². The Balaban J connectivity index is 1.74.